The Labute approximate surface area is 98.0 Å². The predicted octanol–water partition coefficient (Wildman–Crippen LogP) is 1.86. The number of piperidine rings is 1. The van der Waals surface area contributed by atoms with Crippen molar-refractivity contribution in [3.05, 3.63) is 0 Å². The number of hydrogen-bond acceptors (Lipinski definition) is 3. The fourth-order valence-corrected chi connectivity index (χ4v) is 3.57. The van der Waals surface area contributed by atoms with E-state index < -0.39 is 0 Å². The van der Waals surface area contributed by atoms with Gasteiger partial charge in [-0.3, -0.25) is 0 Å². The third-order valence-corrected chi connectivity index (χ3v) is 4.91. The summed E-state index contributed by atoms with van der Waals surface area (Å²) in [5.41, 5.74) is 0. The minimum atomic E-state index is 0.810. The molecule has 1 saturated carbocycles. The van der Waals surface area contributed by atoms with Gasteiger partial charge < -0.3 is 10.6 Å². The molecule has 1 saturated heterocycles. The SMILES string of the molecule is CSC1CCC(NCC2CCCNC2)C1. The normalized spacial score (nSPS) is 37.0. The number of hydrogen-bond donors (Lipinski definition) is 2. The molecule has 0 amide bonds. The molecule has 88 valence electrons. The lowest BCUT2D eigenvalue weighted by atomic mass is 9.99. The van der Waals surface area contributed by atoms with Gasteiger partial charge >= 0.3 is 0 Å². The highest BCUT2D eigenvalue weighted by Crippen LogP contribution is 2.28. The van der Waals surface area contributed by atoms with Crippen LogP contribution in [0.15, 0.2) is 0 Å². The van der Waals surface area contributed by atoms with E-state index in [1.807, 2.05) is 11.8 Å². The van der Waals surface area contributed by atoms with Gasteiger partial charge in [-0.1, -0.05) is 0 Å². The maximum atomic E-state index is 3.76. The molecule has 0 aromatic carbocycles. The molecule has 3 heteroatoms. The maximum absolute atomic E-state index is 3.76. The van der Waals surface area contributed by atoms with E-state index in [4.69, 9.17) is 0 Å². The molecule has 2 rings (SSSR count). The summed E-state index contributed by atoms with van der Waals surface area (Å²) in [7, 11) is 0. The van der Waals surface area contributed by atoms with Crippen LogP contribution in [0.25, 0.3) is 0 Å². The molecule has 0 spiro atoms. The Balaban J connectivity index is 1.61. The number of thioether (sulfide) groups is 1. The van der Waals surface area contributed by atoms with Crippen LogP contribution in [0.2, 0.25) is 0 Å². The van der Waals surface area contributed by atoms with Crippen LogP contribution in [-0.2, 0) is 0 Å². The Hall–Kier alpha value is 0.270. The summed E-state index contributed by atoms with van der Waals surface area (Å²) in [6.45, 7) is 3.69. The fourth-order valence-electron chi connectivity index (χ4n) is 2.77. The van der Waals surface area contributed by atoms with Crippen LogP contribution in [-0.4, -0.2) is 37.2 Å². The van der Waals surface area contributed by atoms with Crippen molar-refractivity contribution in [1.82, 2.24) is 10.6 Å². The Morgan fingerprint density at radius 1 is 1.33 bits per heavy atom. The van der Waals surface area contributed by atoms with Crippen LogP contribution < -0.4 is 10.6 Å². The van der Waals surface area contributed by atoms with Crippen LogP contribution in [0.3, 0.4) is 0 Å². The standard InChI is InChI=1S/C12H24N2S/c1-15-12-5-4-11(7-12)14-9-10-3-2-6-13-8-10/h10-14H,2-9H2,1H3. The van der Waals surface area contributed by atoms with Gasteiger partial charge in [-0.25, -0.2) is 0 Å². The van der Waals surface area contributed by atoms with Crippen molar-refractivity contribution in [1.29, 1.82) is 0 Å². The van der Waals surface area contributed by atoms with Gasteiger partial charge in [0.25, 0.3) is 0 Å². The second-order valence-corrected chi connectivity index (χ2v) is 6.13. The van der Waals surface area contributed by atoms with Crippen LogP contribution in [0.4, 0.5) is 0 Å². The predicted molar refractivity (Wildman–Crippen MR) is 68.5 cm³/mol. The van der Waals surface area contributed by atoms with E-state index in [1.54, 1.807) is 0 Å². The monoisotopic (exact) mass is 228 g/mol. The summed E-state index contributed by atoms with van der Waals surface area (Å²) < 4.78 is 0. The molecule has 0 radical (unpaired) electrons. The third-order valence-electron chi connectivity index (χ3n) is 3.81. The average molecular weight is 228 g/mol. The van der Waals surface area contributed by atoms with Crippen molar-refractivity contribution in [2.45, 2.75) is 43.4 Å². The molecule has 0 aromatic heterocycles. The van der Waals surface area contributed by atoms with Gasteiger partial charge in [0.1, 0.15) is 0 Å². The lowest BCUT2D eigenvalue weighted by Crippen LogP contribution is -2.39. The smallest absolute Gasteiger partial charge is 0.00781 e. The van der Waals surface area contributed by atoms with Crippen LogP contribution in [0.5, 0.6) is 0 Å². The van der Waals surface area contributed by atoms with Crippen LogP contribution in [0, 0.1) is 5.92 Å². The highest BCUT2D eigenvalue weighted by atomic mass is 32.2. The van der Waals surface area contributed by atoms with E-state index in [1.165, 1.54) is 51.7 Å². The first kappa shape index (κ1) is 11.7. The largest absolute Gasteiger partial charge is 0.316 e. The third kappa shape index (κ3) is 3.65. The van der Waals surface area contributed by atoms with E-state index in [0.717, 1.165) is 17.2 Å². The van der Waals surface area contributed by atoms with Crippen molar-refractivity contribution >= 4 is 11.8 Å². The minimum absolute atomic E-state index is 0.810. The zero-order chi connectivity index (χ0) is 10.5. The highest BCUT2D eigenvalue weighted by molar-refractivity contribution is 7.99. The van der Waals surface area contributed by atoms with Gasteiger partial charge in [0.2, 0.25) is 0 Å². The summed E-state index contributed by atoms with van der Waals surface area (Å²) in [4.78, 5) is 0. The molecule has 1 heterocycles. The average Bonchev–Trinajstić information content (AvgIpc) is 2.76. The van der Waals surface area contributed by atoms with Gasteiger partial charge in [-0.2, -0.15) is 11.8 Å². The second-order valence-electron chi connectivity index (χ2n) is 4.99. The van der Waals surface area contributed by atoms with E-state index in [9.17, 15) is 0 Å². The molecule has 1 aliphatic carbocycles. The molecule has 1 aliphatic heterocycles. The molecule has 2 fully saturated rings. The Morgan fingerprint density at radius 2 is 2.27 bits per heavy atom. The fraction of sp³-hybridized carbons (Fsp3) is 1.00. The van der Waals surface area contributed by atoms with Gasteiger partial charge in [0.15, 0.2) is 0 Å². The molecular formula is C12H24N2S. The second kappa shape index (κ2) is 6.12. The zero-order valence-corrected chi connectivity index (χ0v) is 10.6. The topological polar surface area (TPSA) is 24.1 Å². The van der Waals surface area contributed by atoms with E-state index in [0.29, 0.717) is 0 Å². The molecule has 0 aromatic rings. The molecule has 0 bridgehead atoms. The summed E-state index contributed by atoms with van der Waals surface area (Å²) in [5.74, 6) is 0.882. The first-order chi connectivity index (χ1) is 7.38. The van der Waals surface area contributed by atoms with Crippen LogP contribution >= 0.6 is 11.8 Å². The summed E-state index contributed by atoms with van der Waals surface area (Å²) in [5, 5.41) is 8.17. The summed E-state index contributed by atoms with van der Waals surface area (Å²) in [6, 6.07) is 0.810. The van der Waals surface area contributed by atoms with Gasteiger partial charge in [0, 0.05) is 11.3 Å². The Bertz CT molecular complexity index is 180. The van der Waals surface area contributed by atoms with E-state index in [-0.39, 0.29) is 0 Å². The first-order valence-corrected chi connectivity index (χ1v) is 7.64. The Morgan fingerprint density at radius 3 is 2.93 bits per heavy atom. The molecule has 2 nitrogen and oxygen atoms in total. The summed E-state index contributed by atoms with van der Waals surface area (Å²) >= 11 is 2.05. The molecule has 2 aliphatic rings. The number of nitrogens with one attached hydrogen (secondary N) is 2. The molecule has 3 unspecified atom stereocenters. The Kier molecular flexibility index (Phi) is 4.79. The highest BCUT2D eigenvalue weighted by Gasteiger charge is 2.24. The molecular weight excluding hydrogens is 204 g/mol. The van der Waals surface area contributed by atoms with Crippen molar-refractivity contribution < 1.29 is 0 Å². The zero-order valence-electron chi connectivity index (χ0n) is 9.80. The van der Waals surface area contributed by atoms with Crippen LogP contribution in [0.1, 0.15) is 32.1 Å². The van der Waals surface area contributed by atoms with Gasteiger partial charge in [-0.15, -0.1) is 0 Å². The quantitative estimate of drug-likeness (QED) is 0.768. The first-order valence-electron chi connectivity index (χ1n) is 6.35. The van der Waals surface area contributed by atoms with Crippen molar-refractivity contribution in [2.24, 2.45) is 5.92 Å². The van der Waals surface area contributed by atoms with E-state index in [2.05, 4.69) is 16.9 Å². The van der Waals surface area contributed by atoms with Gasteiger partial charge in [-0.05, 0) is 63.9 Å². The summed E-state index contributed by atoms with van der Waals surface area (Å²) in [6.07, 6.45) is 9.23. The molecule has 2 N–H and O–H groups in total. The minimum Gasteiger partial charge on any atom is -0.316 e. The maximum Gasteiger partial charge on any atom is 0.00781 e. The lowest BCUT2D eigenvalue weighted by molar-refractivity contribution is 0.343. The van der Waals surface area contributed by atoms with Crippen molar-refractivity contribution in [3.8, 4) is 0 Å². The molecule has 15 heavy (non-hydrogen) atoms. The van der Waals surface area contributed by atoms with Crippen molar-refractivity contribution in [2.75, 3.05) is 25.9 Å². The lowest BCUT2D eigenvalue weighted by Gasteiger charge is -2.24. The van der Waals surface area contributed by atoms with Crippen molar-refractivity contribution in [3.63, 3.8) is 0 Å². The molecule has 3 atom stereocenters. The number of rotatable bonds is 4. The van der Waals surface area contributed by atoms with E-state index >= 15 is 0 Å². The van der Waals surface area contributed by atoms with Gasteiger partial charge in [0.05, 0.1) is 0 Å².